The molecule has 0 spiro atoms. The summed E-state index contributed by atoms with van der Waals surface area (Å²) in [6.07, 6.45) is 0.0217. The number of carboxylic acid groups (broad SMARTS) is 1. The Morgan fingerprint density at radius 3 is 3.04 bits per heavy atom. The van der Waals surface area contributed by atoms with Crippen LogP contribution in [0.4, 0.5) is 0 Å². The van der Waals surface area contributed by atoms with E-state index in [-0.39, 0.29) is 12.6 Å². The fraction of sp³-hybridized carbons (Fsp3) is 0.562. The van der Waals surface area contributed by atoms with Crippen LogP contribution < -0.4 is 4.74 Å². The minimum Gasteiger partial charge on any atom is -0.491 e. The third kappa shape index (κ3) is 6.35. The molecule has 1 aliphatic rings. The second-order valence-corrected chi connectivity index (χ2v) is 6.07. The van der Waals surface area contributed by atoms with Crippen molar-refractivity contribution in [1.29, 1.82) is 0 Å². The Labute approximate surface area is 141 Å². The molecule has 1 aromatic rings. The standard InChI is InChI=1S/C16H23ClN2O4/c1-18(12-16(20)21)10-13-11-19(6-8-22-13)7-9-23-15-5-3-2-4-14(15)17/h2-5,13H,6-12H2,1H3,(H,20,21). The Morgan fingerprint density at radius 1 is 1.52 bits per heavy atom. The summed E-state index contributed by atoms with van der Waals surface area (Å²) in [5.74, 6) is -0.131. The van der Waals surface area contributed by atoms with Crippen molar-refractivity contribution in [3.8, 4) is 5.75 Å². The smallest absolute Gasteiger partial charge is 0.317 e. The summed E-state index contributed by atoms with van der Waals surface area (Å²) in [6, 6.07) is 7.42. The first-order valence-corrected chi connectivity index (χ1v) is 8.04. The van der Waals surface area contributed by atoms with E-state index in [4.69, 9.17) is 26.2 Å². The zero-order valence-corrected chi connectivity index (χ0v) is 14.0. The minimum absolute atomic E-state index is 0.0217. The van der Waals surface area contributed by atoms with Crippen LogP contribution >= 0.6 is 11.6 Å². The molecule has 0 radical (unpaired) electrons. The topological polar surface area (TPSA) is 62.2 Å². The van der Waals surface area contributed by atoms with Crippen molar-refractivity contribution in [2.45, 2.75) is 6.10 Å². The van der Waals surface area contributed by atoms with Gasteiger partial charge in [0.25, 0.3) is 0 Å². The number of hydrogen-bond donors (Lipinski definition) is 1. The summed E-state index contributed by atoms with van der Waals surface area (Å²) in [5.41, 5.74) is 0. The molecular weight excluding hydrogens is 320 g/mol. The number of carboxylic acids is 1. The fourth-order valence-corrected chi connectivity index (χ4v) is 2.77. The molecule has 1 unspecified atom stereocenters. The van der Waals surface area contributed by atoms with Gasteiger partial charge in [0.05, 0.1) is 24.3 Å². The summed E-state index contributed by atoms with van der Waals surface area (Å²) < 4.78 is 11.4. The lowest BCUT2D eigenvalue weighted by atomic mass is 10.2. The molecule has 0 saturated carbocycles. The van der Waals surface area contributed by atoms with E-state index in [2.05, 4.69) is 4.90 Å². The summed E-state index contributed by atoms with van der Waals surface area (Å²) in [4.78, 5) is 14.7. The van der Waals surface area contributed by atoms with Crippen LogP contribution in [0.3, 0.4) is 0 Å². The number of ether oxygens (including phenoxy) is 2. The Kier molecular flexibility index (Phi) is 7.11. The van der Waals surface area contributed by atoms with E-state index in [0.29, 0.717) is 30.5 Å². The SMILES string of the molecule is CN(CC(=O)O)CC1CN(CCOc2ccccc2Cl)CCO1. The lowest BCUT2D eigenvalue weighted by molar-refractivity contribution is -0.138. The minimum atomic E-state index is -0.826. The van der Waals surface area contributed by atoms with Gasteiger partial charge in [-0.2, -0.15) is 0 Å². The summed E-state index contributed by atoms with van der Waals surface area (Å²) in [5, 5.41) is 9.41. The molecule has 1 heterocycles. The molecule has 0 amide bonds. The maximum Gasteiger partial charge on any atom is 0.317 e. The molecule has 0 bridgehead atoms. The summed E-state index contributed by atoms with van der Waals surface area (Å²) in [6.45, 7) is 4.25. The molecular formula is C16H23ClN2O4. The van der Waals surface area contributed by atoms with Gasteiger partial charge in [-0.3, -0.25) is 14.6 Å². The Hall–Kier alpha value is -1.34. The molecule has 2 rings (SSSR count). The highest BCUT2D eigenvalue weighted by atomic mass is 35.5. The number of aliphatic carboxylic acids is 1. The molecule has 1 atom stereocenters. The van der Waals surface area contributed by atoms with Gasteiger partial charge < -0.3 is 14.6 Å². The van der Waals surface area contributed by atoms with Crippen LogP contribution in [0.1, 0.15) is 0 Å². The van der Waals surface area contributed by atoms with Crippen molar-refractivity contribution in [2.75, 3.05) is 53.0 Å². The quantitative estimate of drug-likeness (QED) is 0.771. The predicted octanol–water partition coefficient (Wildman–Crippen LogP) is 1.44. The normalized spacial score (nSPS) is 19.0. The highest BCUT2D eigenvalue weighted by Crippen LogP contribution is 2.22. The van der Waals surface area contributed by atoms with Gasteiger partial charge in [0.1, 0.15) is 12.4 Å². The van der Waals surface area contributed by atoms with Crippen LogP contribution in [0.5, 0.6) is 5.75 Å². The third-order valence-corrected chi connectivity index (χ3v) is 3.96. The maximum atomic E-state index is 10.7. The molecule has 1 fully saturated rings. The van der Waals surface area contributed by atoms with E-state index in [0.717, 1.165) is 19.6 Å². The van der Waals surface area contributed by atoms with Gasteiger partial charge in [-0.1, -0.05) is 23.7 Å². The average Bonchev–Trinajstić information content (AvgIpc) is 2.49. The lowest BCUT2D eigenvalue weighted by Crippen LogP contribution is -2.48. The zero-order chi connectivity index (χ0) is 16.7. The van der Waals surface area contributed by atoms with Crippen LogP contribution in [-0.2, 0) is 9.53 Å². The van der Waals surface area contributed by atoms with Crippen LogP contribution in [-0.4, -0.2) is 80.0 Å². The zero-order valence-electron chi connectivity index (χ0n) is 13.3. The first-order chi connectivity index (χ1) is 11.0. The number of benzene rings is 1. The van der Waals surface area contributed by atoms with Gasteiger partial charge in [-0.25, -0.2) is 0 Å². The number of morpholine rings is 1. The highest BCUT2D eigenvalue weighted by molar-refractivity contribution is 6.32. The number of hydrogen-bond acceptors (Lipinski definition) is 5. The van der Waals surface area contributed by atoms with Crippen molar-refractivity contribution >= 4 is 17.6 Å². The highest BCUT2D eigenvalue weighted by Gasteiger charge is 2.22. The molecule has 23 heavy (non-hydrogen) atoms. The number of halogens is 1. The molecule has 128 valence electrons. The van der Waals surface area contributed by atoms with E-state index in [1.165, 1.54) is 0 Å². The number of rotatable bonds is 8. The van der Waals surface area contributed by atoms with Gasteiger partial charge in [0, 0.05) is 26.2 Å². The predicted molar refractivity (Wildman–Crippen MR) is 88.3 cm³/mol. The number of nitrogens with zero attached hydrogens (tertiary/aromatic N) is 2. The summed E-state index contributed by atoms with van der Waals surface area (Å²) >= 11 is 6.06. The van der Waals surface area contributed by atoms with Gasteiger partial charge >= 0.3 is 5.97 Å². The lowest BCUT2D eigenvalue weighted by Gasteiger charge is -2.34. The van der Waals surface area contributed by atoms with E-state index in [1.54, 1.807) is 18.0 Å². The Balaban J connectivity index is 1.71. The van der Waals surface area contributed by atoms with E-state index >= 15 is 0 Å². The molecule has 1 aliphatic heterocycles. The van der Waals surface area contributed by atoms with Crippen molar-refractivity contribution in [3.05, 3.63) is 29.3 Å². The van der Waals surface area contributed by atoms with Crippen molar-refractivity contribution < 1.29 is 19.4 Å². The van der Waals surface area contributed by atoms with Crippen molar-refractivity contribution in [1.82, 2.24) is 9.80 Å². The van der Waals surface area contributed by atoms with Crippen LogP contribution in [0.25, 0.3) is 0 Å². The second kappa shape index (κ2) is 9.08. The van der Waals surface area contributed by atoms with Crippen LogP contribution in [0.2, 0.25) is 5.02 Å². The first kappa shape index (κ1) is 18.0. The van der Waals surface area contributed by atoms with Gasteiger partial charge in [0.2, 0.25) is 0 Å². The molecule has 6 nitrogen and oxygen atoms in total. The third-order valence-electron chi connectivity index (χ3n) is 3.65. The van der Waals surface area contributed by atoms with Crippen LogP contribution in [0.15, 0.2) is 24.3 Å². The van der Waals surface area contributed by atoms with Crippen LogP contribution in [0, 0.1) is 0 Å². The van der Waals surface area contributed by atoms with Gasteiger partial charge in [0.15, 0.2) is 0 Å². The fourth-order valence-electron chi connectivity index (χ4n) is 2.58. The number of para-hydroxylation sites is 1. The molecule has 1 aromatic carbocycles. The number of likely N-dealkylation sites (N-methyl/N-ethyl adjacent to an activating group) is 1. The average molecular weight is 343 g/mol. The number of carbonyl (C=O) groups is 1. The molecule has 1 N–H and O–H groups in total. The largest absolute Gasteiger partial charge is 0.491 e. The summed E-state index contributed by atoms with van der Waals surface area (Å²) in [7, 11) is 1.79. The maximum absolute atomic E-state index is 10.7. The van der Waals surface area contributed by atoms with Gasteiger partial charge in [-0.15, -0.1) is 0 Å². The Morgan fingerprint density at radius 2 is 2.30 bits per heavy atom. The molecule has 0 aromatic heterocycles. The molecule has 7 heteroatoms. The van der Waals surface area contributed by atoms with Crippen molar-refractivity contribution in [3.63, 3.8) is 0 Å². The van der Waals surface area contributed by atoms with Crippen molar-refractivity contribution in [2.24, 2.45) is 0 Å². The molecule has 1 saturated heterocycles. The monoisotopic (exact) mass is 342 g/mol. The Bertz CT molecular complexity index is 515. The van der Waals surface area contributed by atoms with Gasteiger partial charge in [-0.05, 0) is 19.2 Å². The first-order valence-electron chi connectivity index (χ1n) is 7.66. The van der Waals surface area contributed by atoms with E-state index in [1.807, 2.05) is 18.2 Å². The molecule has 0 aliphatic carbocycles. The second-order valence-electron chi connectivity index (χ2n) is 5.66. The van der Waals surface area contributed by atoms with E-state index < -0.39 is 5.97 Å². The van der Waals surface area contributed by atoms with E-state index in [9.17, 15) is 4.79 Å².